The van der Waals surface area contributed by atoms with Crippen LogP contribution in [0.3, 0.4) is 0 Å². The maximum absolute atomic E-state index is 12.0. The number of rotatable bonds is 6. The summed E-state index contributed by atoms with van der Waals surface area (Å²) in [7, 11) is 0. The van der Waals surface area contributed by atoms with E-state index >= 15 is 0 Å². The van der Waals surface area contributed by atoms with Crippen LogP contribution in [0.2, 0.25) is 0 Å². The Bertz CT molecular complexity index is 481. The molecule has 1 amide bonds. The fourth-order valence-corrected chi connectivity index (χ4v) is 2.98. The van der Waals surface area contributed by atoms with Gasteiger partial charge in [0.05, 0.1) is 0 Å². The zero-order valence-corrected chi connectivity index (χ0v) is 12.8. The molecule has 1 aromatic carbocycles. The molecule has 1 atom stereocenters. The summed E-state index contributed by atoms with van der Waals surface area (Å²) in [6.45, 7) is 5.97. The molecule has 0 bridgehead atoms. The first-order valence-corrected chi connectivity index (χ1v) is 8.04. The molecule has 1 heterocycles. The largest absolute Gasteiger partial charge is 0.351 e. The number of benzene rings is 1. The van der Waals surface area contributed by atoms with Gasteiger partial charge in [-0.25, -0.2) is 0 Å². The summed E-state index contributed by atoms with van der Waals surface area (Å²) in [4.78, 5) is 14.6. The predicted molar refractivity (Wildman–Crippen MR) is 84.5 cm³/mol. The molecule has 1 aliphatic heterocycles. The van der Waals surface area contributed by atoms with Crippen molar-refractivity contribution in [1.82, 2.24) is 15.5 Å². The molecule has 21 heavy (non-hydrogen) atoms. The highest BCUT2D eigenvalue weighted by Crippen LogP contribution is 2.29. The number of carbonyl (C=O) groups is 1. The molecule has 1 saturated heterocycles. The van der Waals surface area contributed by atoms with Crippen LogP contribution >= 0.6 is 0 Å². The number of nitrogens with zero attached hydrogens (tertiary/aromatic N) is 1. The minimum absolute atomic E-state index is 0.0165. The van der Waals surface area contributed by atoms with Gasteiger partial charge >= 0.3 is 0 Å². The molecule has 1 saturated carbocycles. The monoisotopic (exact) mass is 287 g/mol. The van der Waals surface area contributed by atoms with Crippen molar-refractivity contribution < 1.29 is 4.79 Å². The van der Waals surface area contributed by atoms with Crippen LogP contribution in [0.4, 0.5) is 0 Å². The summed E-state index contributed by atoms with van der Waals surface area (Å²) < 4.78 is 0. The summed E-state index contributed by atoms with van der Waals surface area (Å²) in [6, 6.07) is 9.17. The highest BCUT2D eigenvalue weighted by Gasteiger charge is 2.33. The molecule has 1 aromatic rings. The normalized spacial score (nSPS) is 22.4. The van der Waals surface area contributed by atoms with E-state index in [9.17, 15) is 4.79 Å². The fraction of sp³-hybridized carbons (Fsp3) is 0.588. The van der Waals surface area contributed by atoms with E-state index in [1.165, 1.54) is 37.9 Å². The van der Waals surface area contributed by atoms with Gasteiger partial charge in [-0.3, -0.25) is 9.69 Å². The summed E-state index contributed by atoms with van der Waals surface area (Å²) in [6.07, 6.45) is 4.01. The molecule has 4 nitrogen and oxygen atoms in total. The molecular weight excluding hydrogens is 262 g/mol. The highest BCUT2D eigenvalue weighted by atomic mass is 16.1. The van der Waals surface area contributed by atoms with Crippen LogP contribution in [-0.2, 0) is 0 Å². The van der Waals surface area contributed by atoms with Crippen molar-refractivity contribution in [2.24, 2.45) is 0 Å². The molecule has 3 rings (SSSR count). The molecule has 2 fully saturated rings. The van der Waals surface area contributed by atoms with Gasteiger partial charge in [-0.05, 0) is 38.3 Å². The third-order valence-corrected chi connectivity index (χ3v) is 4.44. The number of amides is 1. The van der Waals surface area contributed by atoms with Crippen LogP contribution in [-0.4, -0.2) is 49.1 Å². The highest BCUT2D eigenvalue weighted by molar-refractivity contribution is 5.94. The van der Waals surface area contributed by atoms with Crippen molar-refractivity contribution in [1.29, 1.82) is 0 Å². The first kappa shape index (κ1) is 14.5. The number of nitrogens with one attached hydrogen (secondary N) is 2. The van der Waals surface area contributed by atoms with Gasteiger partial charge in [0.25, 0.3) is 5.91 Å². The van der Waals surface area contributed by atoms with Crippen molar-refractivity contribution in [3.63, 3.8) is 0 Å². The van der Waals surface area contributed by atoms with Gasteiger partial charge < -0.3 is 10.6 Å². The molecule has 1 unspecified atom stereocenters. The van der Waals surface area contributed by atoms with Crippen molar-refractivity contribution >= 4 is 5.91 Å². The number of aryl methyl sites for hydroxylation is 1. The summed E-state index contributed by atoms with van der Waals surface area (Å²) in [5, 5.41) is 6.53. The average molecular weight is 287 g/mol. The second kappa shape index (κ2) is 6.58. The van der Waals surface area contributed by atoms with Crippen LogP contribution in [0.15, 0.2) is 24.3 Å². The summed E-state index contributed by atoms with van der Waals surface area (Å²) >= 11 is 0. The Morgan fingerprint density at radius 2 is 1.95 bits per heavy atom. The molecular formula is C17H25N3O. The lowest BCUT2D eigenvalue weighted by Crippen LogP contribution is -2.38. The van der Waals surface area contributed by atoms with Crippen molar-refractivity contribution in [2.75, 3.05) is 26.2 Å². The Morgan fingerprint density at radius 3 is 2.67 bits per heavy atom. The first-order valence-electron chi connectivity index (χ1n) is 8.04. The number of likely N-dealkylation sites (tertiary alicyclic amines) is 1. The molecule has 1 aliphatic carbocycles. The lowest BCUT2D eigenvalue weighted by molar-refractivity contribution is 0.0953. The van der Waals surface area contributed by atoms with E-state index in [0.717, 1.165) is 18.2 Å². The van der Waals surface area contributed by atoms with E-state index in [4.69, 9.17) is 0 Å². The Balaban J connectivity index is 1.32. The van der Waals surface area contributed by atoms with E-state index in [1.54, 1.807) is 0 Å². The minimum atomic E-state index is 0.0165. The van der Waals surface area contributed by atoms with E-state index in [2.05, 4.69) is 15.5 Å². The van der Waals surface area contributed by atoms with E-state index in [-0.39, 0.29) is 5.91 Å². The standard InChI is InChI=1S/C17H25N3O/c1-13-2-4-14(5-3-13)17(21)19-10-9-18-15-8-11-20(12-15)16-6-7-16/h2-5,15-16,18H,6-12H2,1H3,(H,19,21). The SMILES string of the molecule is Cc1ccc(C(=O)NCCNC2CCN(C3CC3)C2)cc1. The maximum Gasteiger partial charge on any atom is 0.251 e. The maximum atomic E-state index is 12.0. The van der Waals surface area contributed by atoms with Crippen LogP contribution in [0.1, 0.15) is 35.2 Å². The van der Waals surface area contributed by atoms with Gasteiger partial charge in [0.1, 0.15) is 0 Å². The lowest BCUT2D eigenvalue weighted by atomic mass is 10.1. The number of hydrogen-bond donors (Lipinski definition) is 2. The van der Waals surface area contributed by atoms with Gasteiger partial charge in [0.2, 0.25) is 0 Å². The van der Waals surface area contributed by atoms with Crippen molar-refractivity contribution in [3.05, 3.63) is 35.4 Å². The van der Waals surface area contributed by atoms with Crippen LogP contribution in [0.5, 0.6) is 0 Å². The number of carbonyl (C=O) groups excluding carboxylic acids is 1. The summed E-state index contributed by atoms with van der Waals surface area (Å²) in [5.74, 6) is 0.0165. The third-order valence-electron chi connectivity index (χ3n) is 4.44. The smallest absolute Gasteiger partial charge is 0.251 e. The average Bonchev–Trinajstić information content (AvgIpc) is 3.24. The van der Waals surface area contributed by atoms with E-state index in [0.29, 0.717) is 12.6 Å². The van der Waals surface area contributed by atoms with Gasteiger partial charge in [-0.15, -0.1) is 0 Å². The van der Waals surface area contributed by atoms with E-state index in [1.807, 2.05) is 31.2 Å². The van der Waals surface area contributed by atoms with Crippen LogP contribution in [0, 0.1) is 6.92 Å². The second-order valence-electron chi connectivity index (χ2n) is 6.29. The molecule has 4 heteroatoms. The fourth-order valence-electron chi connectivity index (χ4n) is 2.98. The molecule has 0 aromatic heterocycles. The first-order chi connectivity index (χ1) is 10.2. The molecule has 0 radical (unpaired) electrons. The Morgan fingerprint density at radius 1 is 1.19 bits per heavy atom. The second-order valence-corrected chi connectivity index (χ2v) is 6.29. The van der Waals surface area contributed by atoms with Gasteiger partial charge in [0, 0.05) is 43.8 Å². The Kier molecular flexibility index (Phi) is 4.56. The van der Waals surface area contributed by atoms with Crippen molar-refractivity contribution in [3.8, 4) is 0 Å². The molecule has 2 N–H and O–H groups in total. The Hall–Kier alpha value is -1.39. The number of hydrogen-bond acceptors (Lipinski definition) is 3. The van der Waals surface area contributed by atoms with Gasteiger partial charge in [-0.2, -0.15) is 0 Å². The lowest BCUT2D eigenvalue weighted by Gasteiger charge is -2.16. The molecule has 0 spiro atoms. The van der Waals surface area contributed by atoms with Gasteiger partial charge in [-0.1, -0.05) is 17.7 Å². The Labute approximate surface area is 126 Å². The third kappa shape index (κ3) is 4.05. The summed E-state index contributed by atoms with van der Waals surface area (Å²) in [5.41, 5.74) is 1.91. The quantitative estimate of drug-likeness (QED) is 0.780. The van der Waals surface area contributed by atoms with Crippen LogP contribution in [0.25, 0.3) is 0 Å². The predicted octanol–water partition coefficient (Wildman–Crippen LogP) is 1.55. The zero-order valence-electron chi connectivity index (χ0n) is 12.8. The molecule has 114 valence electrons. The van der Waals surface area contributed by atoms with E-state index < -0.39 is 0 Å². The van der Waals surface area contributed by atoms with Crippen LogP contribution < -0.4 is 10.6 Å². The van der Waals surface area contributed by atoms with Crippen molar-refractivity contribution in [2.45, 2.75) is 38.3 Å². The zero-order chi connectivity index (χ0) is 14.7. The topological polar surface area (TPSA) is 44.4 Å². The minimum Gasteiger partial charge on any atom is -0.351 e. The molecule has 2 aliphatic rings. The van der Waals surface area contributed by atoms with Gasteiger partial charge in [0.15, 0.2) is 0 Å².